The number of carbonyl (C=O) groups is 3. The van der Waals surface area contributed by atoms with Crippen LogP contribution in [0.15, 0.2) is 24.3 Å². The maximum absolute atomic E-state index is 12.9. The van der Waals surface area contributed by atoms with Crippen LogP contribution < -0.4 is 10.6 Å². The van der Waals surface area contributed by atoms with Gasteiger partial charge in [-0.1, -0.05) is 17.7 Å². The number of likely N-dealkylation sites (tertiary alicyclic amines) is 1. The Balaban J connectivity index is 1.49. The number of halogens is 1. The Kier molecular flexibility index (Phi) is 7.10. The monoisotopic (exact) mass is 448 g/mol. The van der Waals surface area contributed by atoms with Crippen LogP contribution in [0.1, 0.15) is 44.1 Å². The number of hydrogen-bond donors (Lipinski definition) is 3. The number of aromatic nitrogens is 1. The first-order chi connectivity index (χ1) is 14.6. The number of H-pyrrole nitrogens is 1. The van der Waals surface area contributed by atoms with E-state index >= 15 is 0 Å². The maximum atomic E-state index is 12.9. The Morgan fingerprint density at radius 3 is 2.68 bits per heavy atom. The molecule has 1 aliphatic rings. The summed E-state index contributed by atoms with van der Waals surface area (Å²) in [5.74, 6) is -0.526. The zero-order valence-corrected chi connectivity index (χ0v) is 18.8. The van der Waals surface area contributed by atoms with Gasteiger partial charge in [0.1, 0.15) is 11.3 Å². The molecule has 3 amide bonds. The molecular formula is C22H29ClN4O4. The molecule has 3 rings (SSSR count). The van der Waals surface area contributed by atoms with E-state index in [0.29, 0.717) is 30.4 Å². The molecule has 0 aliphatic carbocycles. The molecule has 1 atom stereocenters. The van der Waals surface area contributed by atoms with Crippen LogP contribution in [-0.4, -0.2) is 59.6 Å². The Bertz CT molecular complexity index is 966. The van der Waals surface area contributed by atoms with Gasteiger partial charge in [0.05, 0.1) is 5.92 Å². The van der Waals surface area contributed by atoms with Crippen molar-refractivity contribution in [3.8, 4) is 0 Å². The van der Waals surface area contributed by atoms with Crippen LogP contribution in [0, 0.1) is 5.92 Å². The van der Waals surface area contributed by atoms with Crippen molar-refractivity contribution < 1.29 is 19.1 Å². The lowest BCUT2D eigenvalue weighted by Crippen LogP contribution is -2.46. The first-order valence-electron chi connectivity index (χ1n) is 10.4. The second kappa shape index (κ2) is 9.60. The predicted octanol–water partition coefficient (Wildman–Crippen LogP) is 3.31. The van der Waals surface area contributed by atoms with Crippen molar-refractivity contribution in [3.05, 3.63) is 35.0 Å². The number of piperidine rings is 1. The maximum Gasteiger partial charge on any atom is 0.407 e. The number of nitrogens with zero attached hydrogens (tertiary/aromatic N) is 1. The molecule has 9 heteroatoms. The predicted molar refractivity (Wildman–Crippen MR) is 119 cm³/mol. The summed E-state index contributed by atoms with van der Waals surface area (Å²) in [6, 6.07) is 7.24. The SMILES string of the molecule is CC(C)(C)OC(=O)NCCNC(=O)C1CCCN(C(=O)c2cc3ccc(Cl)cc3[nH]2)C1. The number of carbonyl (C=O) groups excluding carboxylic acids is 3. The molecule has 2 aromatic rings. The Morgan fingerprint density at radius 1 is 1.19 bits per heavy atom. The van der Waals surface area contributed by atoms with Gasteiger partial charge in [-0.15, -0.1) is 0 Å². The molecule has 3 N–H and O–H groups in total. The smallest absolute Gasteiger partial charge is 0.407 e. The van der Waals surface area contributed by atoms with Crippen molar-refractivity contribution in [1.29, 1.82) is 0 Å². The van der Waals surface area contributed by atoms with Gasteiger partial charge in [0.25, 0.3) is 5.91 Å². The van der Waals surface area contributed by atoms with E-state index in [1.165, 1.54) is 0 Å². The molecule has 0 bridgehead atoms. The zero-order chi connectivity index (χ0) is 22.6. The van der Waals surface area contributed by atoms with Gasteiger partial charge in [0.2, 0.25) is 5.91 Å². The van der Waals surface area contributed by atoms with E-state index in [-0.39, 0.29) is 24.3 Å². The third-order valence-corrected chi connectivity index (χ3v) is 5.22. The van der Waals surface area contributed by atoms with Crippen LogP contribution in [0.2, 0.25) is 5.02 Å². The van der Waals surface area contributed by atoms with Crippen molar-refractivity contribution in [3.63, 3.8) is 0 Å². The molecule has 31 heavy (non-hydrogen) atoms. The number of ether oxygens (including phenoxy) is 1. The number of benzene rings is 1. The van der Waals surface area contributed by atoms with Crippen molar-refractivity contribution in [1.82, 2.24) is 20.5 Å². The molecule has 1 aromatic heterocycles. The van der Waals surface area contributed by atoms with E-state index < -0.39 is 11.7 Å². The molecule has 1 aromatic carbocycles. The summed E-state index contributed by atoms with van der Waals surface area (Å²) in [6.45, 7) is 6.90. The molecule has 0 spiro atoms. The lowest BCUT2D eigenvalue weighted by molar-refractivity contribution is -0.126. The number of amides is 3. The van der Waals surface area contributed by atoms with E-state index in [0.717, 1.165) is 23.7 Å². The molecule has 1 unspecified atom stereocenters. The summed E-state index contributed by atoms with van der Waals surface area (Å²) < 4.78 is 5.15. The summed E-state index contributed by atoms with van der Waals surface area (Å²) in [5.41, 5.74) is 0.724. The summed E-state index contributed by atoms with van der Waals surface area (Å²) in [7, 11) is 0. The van der Waals surface area contributed by atoms with Gasteiger partial charge >= 0.3 is 6.09 Å². The largest absolute Gasteiger partial charge is 0.444 e. The molecular weight excluding hydrogens is 420 g/mol. The lowest BCUT2D eigenvalue weighted by atomic mass is 9.97. The minimum atomic E-state index is -0.567. The molecule has 0 saturated carbocycles. The van der Waals surface area contributed by atoms with E-state index in [1.54, 1.807) is 43.9 Å². The summed E-state index contributed by atoms with van der Waals surface area (Å²) in [5, 5.41) is 6.95. The Labute approximate surface area is 186 Å². The summed E-state index contributed by atoms with van der Waals surface area (Å²) in [6.07, 6.45) is 0.958. The molecule has 2 heterocycles. The number of nitrogens with one attached hydrogen (secondary N) is 3. The highest BCUT2D eigenvalue weighted by molar-refractivity contribution is 6.31. The van der Waals surface area contributed by atoms with Gasteiger partial charge in [-0.3, -0.25) is 9.59 Å². The molecule has 168 valence electrons. The molecule has 1 aliphatic heterocycles. The normalized spacial score (nSPS) is 16.8. The standard InChI is InChI=1S/C22H29ClN4O4/c1-22(2,3)31-21(30)25-9-8-24-19(28)15-5-4-10-27(13-15)20(29)18-11-14-6-7-16(23)12-17(14)26-18/h6-7,11-12,15,26H,4-5,8-10,13H2,1-3H3,(H,24,28)(H,25,30). The average molecular weight is 449 g/mol. The van der Waals surface area contributed by atoms with E-state index in [4.69, 9.17) is 16.3 Å². The average Bonchev–Trinajstić information content (AvgIpc) is 3.12. The topological polar surface area (TPSA) is 104 Å². The molecule has 1 saturated heterocycles. The molecule has 8 nitrogen and oxygen atoms in total. The summed E-state index contributed by atoms with van der Waals surface area (Å²) in [4.78, 5) is 41.9. The van der Waals surface area contributed by atoms with Crippen molar-refractivity contribution >= 4 is 40.4 Å². The van der Waals surface area contributed by atoms with Crippen LogP contribution in [0.25, 0.3) is 10.9 Å². The van der Waals surface area contributed by atoms with Gasteiger partial charge in [0, 0.05) is 42.1 Å². The van der Waals surface area contributed by atoms with Gasteiger partial charge in [-0.05, 0) is 51.8 Å². The highest BCUT2D eigenvalue weighted by atomic mass is 35.5. The third-order valence-electron chi connectivity index (χ3n) is 4.99. The highest BCUT2D eigenvalue weighted by Gasteiger charge is 2.29. The van der Waals surface area contributed by atoms with Crippen LogP contribution >= 0.6 is 11.6 Å². The number of rotatable bonds is 5. The second-order valence-corrected chi connectivity index (χ2v) is 9.16. The fourth-order valence-corrected chi connectivity index (χ4v) is 3.74. The van der Waals surface area contributed by atoms with Crippen LogP contribution in [0.5, 0.6) is 0 Å². The molecule has 1 fully saturated rings. The van der Waals surface area contributed by atoms with Gasteiger partial charge in [-0.2, -0.15) is 0 Å². The number of aromatic amines is 1. The fourth-order valence-electron chi connectivity index (χ4n) is 3.57. The zero-order valence-electron chi connectivity index (χ0n) is 18.1. The molecule has 0 radical (unpaired) electrons. The van der Waals surface area contributed by atoms with Crippen LogP contribution in [-0.2, 0) is 9.53 Å². The van der Waals surface area contributed by atoms with Crippen LogP contribution in [0.4, 0.5) is 4.79 Å². The lowest BCUT2D eigenvalue weighted by Gasteiger charge is -2.31. The quantitative estimate of drug-likeness (QED) is 0.610. The van der Waals surface area contributed by atoms with Crippen molar-refractivity contribution in [2.45, 2.75) is 39.2 Å². The van der Waals surface area contributed by atoms with Gasteiger partial charge < -0.3 is 25.3 Å². The minimum absolute atomic E-state index is 0.119. The second-order valence-electron chi connectivity index (χ2n) is 8.72. The Hall–Kier alpha value is -2.74. The van der Waals surface area contributed by atoms with Gasteiger partial charge in [0.15, 0.2) is 0 Å². The first-order valence-corrected chi connectivity index (χ1v) is 10.8. The highest BCUT2D eigenvalue weighted by Crippen LogP contribution is 2.23. The first kappa shape index (κ1) is 22.9. The van der Waals surface area contributed by atoms with Crippen molar-refractivity contribution in [2.75, 3.05) is 26.2 Å². The van der Waals surface area contributed by atoms with E-state index in [1.807, 2.05) is 6.07 Å². The van der Waals surface area contributed by atoms with Gasteiger partial charge in [-0.25, -0.2) is 4.79 Å². The number of fused-ring (bicyclic) bond motifs is 1. The number of alkyl carbamates (subject to hydrolysis) is 1. The van der Waals surface area contributed by atoms with E-state index in [9.17, 15) is 14.4 Å². The van der Waals surface area contributed by atoms with E-state index in [2.05, 4.69) is 15.6 Å². The Morgan fingerprint density at radius 2 is 1.94 bits per heavy atom. The summed E-state index contributed by atoms with van der Waals surface area (Å²) >= 11 is 6.02. The number of hydrogen-bond acceptors (Lipinski definition) is 4. The minimum Gasteiger partial charge on any atom is -0.444 e. The van der Waals surface area contributed by atoms with Crippen molar-refractivity contribution in [2.24, 2.45) is 5.92 Å². The third kappa shape index (κ3) is 6.37. The fraction of sp³-hybridized carbons (Fsp3) is 0.500. The van der Waals surface area contributed by atoms with Crippen LogP contribution in [0.3, 0.4) is 0 Å².